The van der Waals surface area contributed by atoms with Crippen molar-refractivity contribution in [2.24, 2.45) is 0 Å². The van der Waals surface area contributed by atoms with Crippen LogP contribution in [0.15, 0.2) is 83.8 Å². The monoisotopic (exact) mass is 597 g/mol. The van der Waals surface area contributed by atoms with Crippen LogP contribution in [0.4, 0.5) is 5.69 Å². The first-order valence-corrected chi connectivity index (χ1v) is 15.6. The van der Waals surface area contributed by atoms with Gasteiger partial charge in [-0.05, 0) is 55.2 Å². The highest BCUT2D eigenvalue weighted by molar-refractivity contribution is 7.92. The number of sulfonamides is 1. The molecule has 1 unspecified atom stereocenters. The predicted molar refractivity (Wildman–Crippen MR) is 160 cm³/mol. The Bertz CT molecular complexity index is 1430. The number of ether oxygens (including phenoxy) is 1. The number of nitrogens with one attached hydrogen (secondary N) is 1. The molecule has 0 aliphatic heterocycles. The largest absolute Gasteiger partial charge is 0.495 e. The maximum Gasteiger partial charge on any atom is 0.264 e. The molecule has 0 spiro atoms. The lowest BCUT2D eigenvalue weighted by Gasteiger charge is -2.34. The van der Waals surface area contributed by atoms with Gasteiger partial charge in [0.25, 0.3) is 10.0 Å². The number of carbonyl (C=O) groups excluding carboxylic acids is 2. The van der Waals surface area contributed by atoms with Gasteiger partial charge in [0, 0.05) is 17.6 Å². The summed E-state index contributed by atoms with van der Waals surface area (Å²) in [6.45, 7) is 1.43. The standard InChI is InChI=1S/C31H36ClN3O5S/c1-3-27(31(37)33-25-14-10-11-15-25)34(21-23-12-6-4-7-13-23)30(36)22-35(28-20-24(32)18-19-29(28)40-2)41(38,39)26-16-8-5-9-17-26/h4-9,12-13,16-20,25,27H,3,10-11,14-15,21-22H2,1-2H3,(H,33,37). The van der Waals surface area contributed by atoms with E-state index in [0.29, 0.717) is 6.42 Å². The molecular weight excluding hydrogens is 562 g/mol. The van der Waals surface area contributed by atoms with E-state index in [1.54, 1.807) is 30.3 Å². The maximum absolute atomic E-state index is 14.2. The third-order valence-electron chi connectivity index (χ3n) is 7.30. The van der Waals surface area contributed by atoms with Crippen LogP contribution in [0.25, 0.3) is 0 Å². The number of halogens is 1. The molecule has 4 rings (SSSR count). The van der Waals surface area contributed by atoms with Crippen LogP contribution in [0.2, 0.25) is 5.02 Å². The van der Waals surface area contributed by atoms with Crippen LogP contribution in [0.5, 0.6) is 5.75 Å². The second-order valence-electron chi connectivity index (χ2n) is 10.1. The zero-order chi connectivity index (χ0) is 29.4. The minimum absolute atomic E-state index is 0.00968. The van der Waals surface area contributed by atoms with Crippen LogP contribution < -0.4 is 14.4 Å². The Balaban J connectivity index is 1.74. The number of carbonyl (C=O) groups is 2. The Hall–Kier alpha value is -3.56. The second-order valence-corrected chi connectivity index (χ2v) is 12.4. The van der Waals surface area contributed by atoms with Crippen LogP contribution in [-0.4, -0.2) is 50.9 Å². The highest BCUT2D eigenvalue weighted by Gasteiger charge is 2.35. The fourth-order valence-corrected chi connectivity index (χ4v) is 6.76. The second kappa shape index (κ2) is 13.9. The average Bonchev–Trinajstić information content (AvgIpc) is 3.49. The molecule has 41 heavy (non-hydrogen) atoms. The van der Waals surface area contributed by atoms with Gasteiger partial charge >= 0.3 is 0 Å². The van der Waals surface area contributed by atoms with Crippen molar-refractivity contribution < 1.29 is 22.7 Å². The predicted octanol–water partition coefficient (Wildman–Crippen LogP) is 5.41. The summed E-state index contributed by atoms with van der Waals surface area (Å²) in [6.07, 6.45) is 4.30. The molecule has 0 bridgehead atoms. The van der Waals surface area contributed by atoms with Crippen LogP contribution in [0, 0.1) is 0 Å². The van der Waals surface area contributed by atoms with Gasteiger partial charge in [0.1, 0.15) is 18.3 Å². The first-order chi connectivity index (χ1) is 19.7. The minimum Gasteiger partial charge on any atom is -0.495 e. The van der Waals surface area contributed by atoms with E-state index in [1.807, 2.05) is 37.3 Å². The van der Waals surface area contributed by atoms with Crippen LogP contribution >= 0.6 is 11.6 Å². The first-order valence-electron chi connectivity index (χ1n) is 13.8. The number of rotatable bonds is 12. The zero-order valence-corrected chi connectivity index (χ0v) is 24.9. The van der Waals surface area contributed by atoms with Crippen LogP contribution in [0.3, 0.4) is 0 Å². The molecular formula is C31H36ClN3O5S. The fourth-order valence-electron chi connectivity index (χ4n) is 5.16. The lowest BCUT2D eigenvalue weighted by Crippen LogP contribution is -2.53. The number of benzene rings is 3. The Kier molecular flexibility index (Phi) is 10.3. The van der Waals surface area contributed by atoms with Crippen LogP contribution in [0.1, 0.15) is 44.6 Å². The molecule has 0 heterocycles. The highest BCUT2D eigenvalue weighted by atomic mass is 35.5. The number of anilines is 1. The third kappa shape index (κ3) is 7.40. The van der Waals surface area contributed by atoms with E-state index in [4.69, 9.17) is 16.3 Å². The molecule has 3 aromatic rings. The van der Waals surface area contributed by atoms with Crippen molar-refractivity contribution in [3.8, 4) is 5.75 Å². The molecule has 0 aromatic heterocycles. The molecule has 1 atom stereocenters. The van der Waals surface area contributed by atoms with Gasteiger partial charge in [0.15, 0.2) is 0 Å². The summed E-state index contributed by atoms with van der Waals surface area (Å²) in [6, 6.07) is 21.1. The van der Waals surface area contributed by atoms with E-state index in [0.717, 1.165) is 35.6 Å². The number of nitrogens with zero attached hydrogens (tertiary/aromatic N) is 2. The summed E-state index contributed by atoms with van der Waals surface area (Å²) < 4.78 is 34.5. The molecule has 10 heteroatoms. The Morgan fingerprint density at radius 3 is 2.24 bits per heavy atom. The highest BCUT2D eigenvalue weighted by Crippen LogP contribution is 2.35. The SMILES string of the molecule is CCC(C(=O)NC1CCCC1)N(Cc1ccccc1)C(=O)CN(c1cc(Cl)ccc1OC)S(=O)(=O)c1ccccc1. The van der Waals surface area contributed by atoms with Gasteiger partial charge < -0.3 is 15.0 Å². The summed E-state index contributed by atoms with van der Waals surface area (Å²) in [4.78, 5) is 29.2. The lowest BCUT2D eigenvalue weighted by molar-refractivity contribution is -0.140. The Morgan fingerprint density at radius 1 is 1.00 bits per heavy atom. The minimum atomic E-state index is -4.23. The number of hydrogen-bond donors (Lipinski definition) is 1. The first kappa shape index (κ1) is 30.4. The summed E-state index contributed by atoms with van der Waals surface area (Å²) in [5.74, 6) is -0.521. The van der Waals surface area contributed by atoms with E-state index < -0.39 is 28.5 Å². The smallest absolute Gasteiger partial charge is 0.264 e. The Morgan fingerprint density at radius 2 is 1.63 bits per heavy atom. The molecule has 8 nitrogen and oxygen atoms in total. The van der Waals surface area contributed by atoms with Gasteiger partial charge in [0.05, 0.1) is 17.7 Å². The van der Waals surface area contributed by atoms with E-state index in [1.165, 1.54) is 30.2 Å². The molecule has 1 N–H and O–H groups in total. The molecule has 3 aromatic carbocycles. The van der Waals surface area contributed by atoms with Crippen molar-refractivity contribution in [3.63, 3.8) is 0 Å². The topological polar surface area (TPSA) is 96.0 Å². The average molecular weight is 598 g/mol. The van der Waals surface area contributed by atoms with Gasteiger partial charge in [-0.15, -0.1) is 0 Å². The van der Waals surface area contributed by atoms with E-state index in [2.05, 4.69) is 5.32 Å². The number of hydrogen-bond acceptors (Lipinski definition) is 5. The molecule has 2 amide bonds. The molecule has 218 valence electrons. The molecule has 1 aliphatic carbocycles. The van der Waals surface area contributed by atoms with Gasteiger partial charge in [-0.2, -0.15) is 0 Å². The van der Waals surface area contributed by atoms with Crippen molar-refractivity contribution in [2.75, 3.05) is 18.0 Å². The van der Waals surface area contributed by atoms with Crippen molar-refractivity contribution in [1.82, 2.24) is 10.2 Å². The summed E-state index contributed by atoms with van der Waals surface area (Å²) in [5.41, 5.74) is 0.950. The Labute approximate surface area is 247 Å². The molecule has 1 aliphatic rings. The van der Waals surface area contributed by atoms with E-state index in [9.17, 15) is 18.0 Å². The quantitative estimate of drug-likeness (QED) is 0.301. The van der Waals surface area contributed by atoms with Crippen molar-refractivity contribution >= 4 is 39.1 Å². The van der Waals surface area contributed by atoms with Crippen molar-refractivity contribution in [2.45, 2.75) is 62.6 Å². The van der Waals surface area contributed by atoms with Gasteiger partial charge in [-0.1, -0.05) is 79.9 Å². The third-order valence-corrected chi connectivity index (χ3v) is 9.31. The normalized spacial score (nSPS) is 14.3. The molecule has 0 saturated heterocycles. The van der Waals surface area contributed by atoms with Gasteiger partial charge in [-0.25, -0.2) is 8.42 Å². The summed E-state index contributed by atoms with van der Waals surface area (Å²) in [7, 11) is -2.81. The van der Waals surface area contributed by atoms with E-state index in [-0.39, 0.29) is 39.8 Å². The summed E-state index contributed by atoms with van der Waals surface area (Å²) >= 11 is 6.29. The maximum atomic E-state index is 14.2. The van der Waals surface area contributed by atoms with Gasteiger partial charge in [-0.3, -0.25) is 13.9 Å². The van der Waals surface area contributed by atoms with Gasteiger partial charge in [0.2, 0.25) is 11.8 Å². The van der Waals surface area contributed by atoms with E-state index >= 15 is 0 Å². The molecule has 0 radical (unpaired) electrons. The molecule has 1 fully saturated rings. The zero-order valence-electron chi connectivity index (χ0n) is 23.3. The number of methoxy groups -OCH3 is 1. The van der Waals surface area contributed by atoms with Crippen molar-refractivity contribution in [1.29, 1.82) is 0 Å². The number of amides is 2. The fraction of sp³-hybridized carbons (Fsp3) is 0.355. The van der Waals surface area contributed by atoms with Crippen molar-refractivity contribution in [3.05, 3.63) is 89.4 Å². The van der Waals surface area contributed by atoms with Crippen LogP contribution in [-0.2, 0) is 26.2 Å². The lowest BCUT2D eigenvalue weighted by atomic mass is 10.1. The molecule has 1 saturated carbocycles. The summed E-state index contributed by atoms with van der Waals surface area (Å²) in [5, 5.41) is 3.40.